The lowest BCUT2D eigenvalue weighted by atomic mass is 9.91. The molecule has 0 bridgehead atoms. The molecule has 1 fully saturated rings. The highest BCUT2D eigenvalue weighted by Crippen LogP contribution is 2.26. The van der Waals surface area contributed by atoms with Gasteiger partial charge in [0.2, 0.25) is 15.9 Å². The minimum atomic E-state index is -3.69. The Morgan fingerprint density at radius 3 is 2.41 bits per heavy atom. The van der Waals surface area contributed by atoms with Crippen LogP contribution in [0.2, 0.25) is 0 Å². The second-order valence-corrected chi connectivity index (χ2v) is 8.23. The molecule has 0 unspecified atom stereocenters. The van der Waals surface area contributed by atoms with Crippen molar-refractivity contribution in [3.63, 3.8) is 0 Å². The van der Waals surface area contributed by atoms with Crippen molar-refractivity contribution < 1.29 is 13.2 Å². The lowest BCUT2D eigenvalue weighted by Crippen LogP contribution is -2.16. The molecule has 1 aliphatic rings. The number of sulfonamides is 1. The highest BCUT2D eigenvalue weighted by molar-refractivity contribution is 7.99. The molecule has 122 valence electrons. The first kappa shape index (κ1) is 17.3. The monoisotopic (exact) mass is 342 g/mol. The number of anilines is 1. The van der Waals surface area contributed by atoms with E-state index in [2.05, 4.69) is 5.32 Å². The molecule has 1 amide bonds. The van der Waals surface area contributed by atoms with E-state index in [1.54, 1.807) is 23.9 Å². The molecular weight excluding hydrogens is 320 g/mol. The molecule has 1 aliphatic carbocycles. The third kappa shape index (κ3) is 5.62. The fraction of sp³-hybridized carbons (Fsp3) is 0.533. The Morgan fingerprint density at radius 2 is 1.82 bits per heavy atom. The smallest absolute Gasteiger partial charge is 0.238 e. The van der Waals surface area contributed by atoms with Crippen molar-refractivity contribution in [1.29, 1.82) is 0 Å². The number of rotatable bonds is 6. The summed E-state index contributed by atoms with van der Waals surface area (Å²) in [4.78, 5) is 11.9. The summed E-state index contributed by atoms with van der Waals surface area (Å²) in [5.41, 5.74) is 0.579. The molecule has 7 heteroatoms. The van der Waals surface area contributed by atoms with Crippen molar-refractivity contribution >= 4 is 33.4 Å². The fourth-order valence-corrected chi connectivity index (χ4v) is 4.15. The van der Waals surface area contributed by atoms with Crippen LogP contribution in [0.15, 0.2) is 29.2 Å². The normalized spacial score (nSPS) is 16.4. The van der Waals surface area contributed by atoms with E-state index in [1.165, 1.54) is 44.2 Å². The second kappa shape index (κ2) is 7.99. The van der Waals surface area contributed by atoms with Crippen LogP contribution in [-0.4, -0.2) is 25.8 Å². The van der Waals surface area contributed by atoms with Crippen LogP contribution in [0.4, 0.5) is 5.69 Å². The summed E-state index contributed by atoms with van der Waals surface area (Å²) in [5.74, 6) is 2.15. The van der Waals surface area contributed by atoms with E-state index < -0.39 is 10.0 Å². The first-order valence-electron chi connectivity index (χ1n) is 7.45. The third-order valence-electron chi connectivity index (χ3n) is 3.78. The van der Waals surface area contributed by atoms with Crippen molar-refractivity contribution in [1.82, 2.24) is 0 Å². The number of hydrogen-bond donors (Lipinski definition) is 2. The molecule has 3 N–H and O–H groups in total. The van der Waals surface area contributed by atoms with Gasteiger partial charge >= 0.3 is 0 Å². The molecule has 1 saturated carbocycles. The highest BCUT2D eigenvalue weighted by Gasteiger charge is 2.14. The Kier molecular flexibility index (Phi) is 6.28. The van der Waals surface area contributed by atoms with Crippen molar-refractivity contribution in [2.75, 3.05) is 16.8 Å². The van der Waals surface area contributed by atoms with Crippen LogP contribution in [0.25, 0.3) is 0 Å². The second-order valence-electron chi connectivity index (χ2n) is 5.64. The van der Waals surface area contributed by atoms with Crippen molar-refractivity contribution in [2.45, 2.75) is 37.0 Å². The van der Waals surface area contributed by atoms with E-state index in [9.17, 15) is 13.2 Å². The number of nitrogens with two attached hydrogens (primary N) is 1. The molecule has 2 rings (SSSR count). The number of primary sulfonamides is 1. The minimum absolute atomic E-state index is 0.0390. The van der Waals surface area contributed by atoms with Crippen molar-refractivity contribution in [2.24, 2.45) is 11.1 Å². The molecule has 0 spiro atoms. The van der Waals surface area contributed by atoms with Crippen LogP contribution < -0.4 is 10.5 Å². The van der Waals surface area contributed by atoms with Crippen LogP contribution in [0.3, 0.4) is 0 Å². The van der Waals surface area contributed by atoms with Gasteiger partial charge in [-0.05, 0) is 48.8 Å². The summed E-state index contributed by atoms with van der Waals surface area (Å²) in [5, 5.41) is 7.79. The molecule has 0 heterocycles. The zero-order valence-corrected chi connectivity index (χ0v) is 14.1. The van der Waals surface area contributed by atoms with Gasteiger partial charge in [-0.15, -0.1) is 0 Å². The molecular formula is C15H22N2O3S2. The molecule has 1 aromatic rings. The van der Waals surface area contributed by atoms with Gasteiger partial charge in [0.25, 0.3) is 0 Å². The largest absolute Gasteiger partial charge is 0.325 e. The average molecular weight is 342 g/mol. The number of carbonyl (C=O) groups excluding carboxylic acids is 1. The number of carbonyl (C=O) groups is 1. The molecule has 0 radical (unpaired) electrons. The van der Waals surface area contributed by atoms with Gasteiger partial charge < -0.3 is 5.32 Å². The maximum absolute atomic E-state index is 11.9. The highest BCUT2D eigenvalue weighted by atomic mass is 32.2. The zero-order valence-electron chi connectivity index (χ0n) is 12.5. The number of amides is 1. The lowest BCUT2D eigenvalue weighted by Gasteiger charge is -2.20. The van der Waals surface area contributed by atoms with E-state index in [0.29, 0.717) is 11.4 Å². The van der Waals surface area contributed by atoms with E-state index in [4.69, 9.17) is 5.14 Å². The topological polar surface area (TPSA) is 89.3 Å². The van der Waals surface area contributed by atoms with Gasteiger partial charge in [0.05, 0.1) is 10.6 Å². The average Bonchev–Trinajstić information content (AvgIpc) is 2.48. The van der Waals surface area contributed by atoms with Gasteiger partial charge in [-0.2, -0.15) is 11.8 Å². The summed E-state index contributed by atoms with van der Waals surface area (Å²) in [6, 6.07) is 5.87. The van der Waals surface area contributed by atoms with Gasteiger partial charge in [0.1, 0.15) is 0 Å². The summed E-state index contributed by atoms with van der Waals surface area (Å²) in [6.07, 6.45) is 6.53. The Labute approximate surface area is 136 Å². The number of benzene rings is 1. The first-order chi connectivity index (χ1) is 10.4. The Morgan fingerprint density at radius 1 is 1.18 bits per heavy atom. The first-order valence-corrected chi connectivity index (χ1v) is 10.2. The predicted molar refractivity (Wildman–Crippen MR) is 90.3 cm³/mol. The number of thioether (sulfide) groups is 1. The molecule has 0 atom stereocenters. The van der Waals surface area contributed by atoms with Gasteiger partial charge in [-0.3, -0.25) is 4.79 Å². The van der Waals surface area contributed by atoms with Crippen molar-refractivity contribution in [3.8, 4) is 0 Å². The summed E-state index contributed by atoms with van der Waals surface area (Å²) < 4.78 is 22.3. The Balaban J connectivity index is 1.74. The molecule has 5 nitrogen and oxygen atoms in total. The Hall–Kier alpha value is -1.05. The molecule has 0 saturated heterocycles. The predicted octanol–water partition coefficient (Wildman–Crippen LogP) is 2.59. The van der Waals surface area contributed by atoms with E-state index >= 15 is 0 Å². The van der Waals surface area contributed by atoms with Crippen LogP contribution in [0.1, 0.15) is 32.1 Å². The maximum atomic E-state index is 11.9. The number of nitrogens with one attached hydrogen (secondary N) is 1. The van der Waals surface area contributed by atoms with Crippen LogP contribution in [0, 0.1) is 5.92 Å². The minimum Gasteiger partial charge on any atom is -0.325 e. The van der Waals surface area contributed by atoms with Gasteiger partial charge in [-0.25, -0.2) is 13.6 Å². The van der Waals surface area contributed by atoms with Gasteiger partial charge in [0.15, 0.2) is 0 Å². The molecule has 0 aromatic heterocycles. The molecule has 1 aromatic carbocycles. The summed E-state index contributed by atoms with van der Waals surface area (Å²) in [7, 11) is -3.69. The van der Waals surface area contributed by atoms with E-state index in [-0.39, 0.29) is 10.8 Å². The molecule has 22 heavy (non-hydrogen) atoms. The quantitative estimate of drug-likeness (QED) is 0.831. The summed E-state index contributed by atoms with van der Waals surface area (Å²) >= 11 is 1.67. The fourth-order valence-electron chi connectivity index (χ4n) is 2.60. The Bertz CT molecular complexity index is 594. The standard InChI is InChI=1S/C15H22N2O3S2/c16-22(19,20)14-8-6-13(7-9-14)17-15(18)11-21-10-12-4-2-1-3-5-12/h6-9,12H,1-5,10-11H2,(H,17,18)(H2,16,19,20). The van der Waals surface area contributed by atoms with Crippen molar-refractivity contribution in [3.05, 3.63) is 24.3 Å². The van der Waals surface area contributed by atoms with E-state index in [1.807, 2.05) is 0 Å². The SMILES string of the molecule is NS(=O)(=O)c1ccc(NC(=O)CSCC2CCCCC2)cc1. The zero-order chi connectivity index (χ0) is 16.0. The summed E-state index contributed by atoms with van der Waals surface area (Å²) in [6.45, 7) is 0. The molecule has 0 aliphatic heterocycles. The third-order valence-corrected chi connectivity index (χ3v) is 5.88. The van der Waals surface area contributed by atoms with Crippen LogP contribution >= 0.6 is 11.8 Å². The maximum Gasteiger partial charge on any atom is 0.238 e. The van der Waals surface area contributed by atoms with Crippen LogP contribution in [0.5, 0.6) is 0 Å². The number of hydrogen-bond acceptors (Lipinski definition) is 4. The van der Waals surface area contributed by atoms with E-state index in [0.717, 1.165) is 11.7 Å². The lowest BCUT2D eigenvalue weighted by molar-refractivity contribution is -0.113. The van der Waals surface area contributed by atoms with Crippen LogP contribution in [-0.2, 0) is 14.8 Å². The van der Waals surface area contributed by atoms with Gasteiger partial charge in [0, 0.05) is 5.69 Å². The van der Waals surface area contributed by atoms with Gasteiger partial charge in [-0.1, -0.05) is 19.3 Å².